The number of aliphatic hydroxyl groups excluding tert-OH is 1. The summed E-state index contributed by atoms with van der Waals surface area (Å²) < 4.78 is 65.0. The summed E-state index contributed by atoms with van der Waals surface area (Å²) >= 11 is 2.89. The van der Waals surface area contributed by atoms with E-state index < -0.39 is 35.0 Å². The van der Waals surface area contributed by atoms with E-state index in [1.165, 1.54) is 12.1 Å². The van der Waals surface area contributed by atoms with Crippen LogP contribution in [-0.4, -0.2) is 5.11 Å². The van der Waals surface area contributed by atoms with Crippen molar-refractivity contribution in [3.63, 3.8) is 0 Å². The van der Waals surface area contributed by atoms with Gasteiger partial charge in [0.25, 0.3) is 0 Å². The molecular weight excluding hydrogens is 359 g/mol. The SMILES string of the molecule is OC(c1ccc(F)c(Br)c1)c1cccc(C(F)(F)F)c1F. The summed E-state index contributed by atoms with van der Waals surface area (Å²) in [6.07, 6.45) is -6.49. The predicted octanol–water partition coefficient (Wildman–Crippen LogP) is 4.83. The van der Waals surface area contributed by atoms with Gasteiger partial charge >= 0.3 is 6.18 Å². The van der Waals surface area contributed by atoms with Crippen LogP contribution in [0.25, 0.3) is 0 Å². The highest BCUT2D eigenvalue weighted by Gasteiger charge is 2.35. The third kappa shape index (κ3) is 3.24. The largest absolute Gasteiger partial charge is 0.419 e. The Kier molecular flexibility index (Phi) is 4.34. The van der Waals surface area contributed by atoms with Gasteiger partial charge in [-0.05, 0) is 39.7 Å². The van der Waals surface area contributed by atoms with Gasteiger partial charge in [-0.25, -0.2) is 8.78 Å². The molecule has 0 aliphatic rings. The quantitative estimate of drug-likeness (QED) is 0.755. The van der Waals surface area contributed by atoms with Crippen molar-refractivity contribution in [2.24, 2.45) is 0 Å². The van der Waals surface area contributed by atoms with Crippen LogP contribution >= 0.6 is 15.9 Å². The van der Waals surface area contributed by atoms with E-state index in [0.717, 1.165) is 18.2 Å². The summed E-state index contributed by atoms with van der Waals surface area (Å²) in [5, 5.41) is 10.0. The van der Waals surface area contributed by atoms with Crippen molar-refractivity contribution < 1.29 is 27.1 Å². The zero-order valence-electron chi connectivity index (χ0n) is 10.3. The molecule has 0 fully saturated rings. The van der Waals surface area contributed by atoms with Crippen LogP contribution in [0.5, 0.6) is 0 Å². The predicted molar refractivity (Wildman–Crippen MR) is 69.6 cm³/mol. The molecule has 0 aliphatic carbocycles. The van der Waals surface area contributed by atoms with Crippen LogP contribution in [0.4, 0.5) is 22.0 Å². The van der Waals surface area contributed by atoms with E-state index in [0.29, 0.717) is 6.07 Å². The first-order valence-corrected chi connectivity index (χ1v) is 6.49. The number of aliphatic hydroxyl groups is 1. The highest BCUT2D eigenvalue weighted by Crippen LogP contribution is 2.35. The fourth-order valence-electron chi connectivity index (χ4n) is 1.84. The summed E-state index contributed by atoms with van der Waals surface area (Å²) in [4.78, 5) is 0. The van der Waals surface area contributed by atoms with Gasteiger partial charge in [0.15, 0.2) is 0 Å². The molecule has 0 aliphatic heterocycles. The minimum atomic E-state index is -4.86. The summed E-state index contributed by atoms with van der Waals surface area (Å²) in [7, 11) is 0. The monoisotopic (exact) mass is 366 g/mol. The first kappa shape index (κ1) is 15.9. The average Bonchev–Trinajstić information content (AvgIpc) is 2.40. The number of hydrogen-bond acceptors (Lipinski definition) is 1. The maximum Gasteiger partial charge on any atom is 0.419 e. The number of hydrogen-bond donors (Lipinski definition) is 1. The van der Waals surface area contributed by atoms with Crippen molar-refractivity contribution in [2.75, 3.05) is 0 Å². The number of alkyl halides is 3. The van der Waals surface area contributed by atoms with Crippen LogP contribution in [0, 0.1) is 11.6 Å². The fourth-order valence-corrected chi connectivity index (χ4v) is 2.24. The molecule has 112 valence electrons. The Labute approximate surface area is 125 Å². The molecule has 21 heavy (non-hydrogen) atoms. The lowest BCUT2D eigenvalue weighted by atomic mass is 9.98. The fraction of sp³-hybridized carbons (Fsp3) is 0.143. The number of benzene rings is 2. The van der Waals surface area contributed by atoms with Crippen LogP contribution in [0.15, 0.2) is 40.9 Å². The molecule has 0 heterocycles. The molecule has 2 aromatic carbocycles. The second-order valence-corrected chi connectivity index (χ2v) is 5.14. The molecule has 2 rings (SSSR count). The van der Waals surface area contributed by atoms with Gasteiger partial charge in [-0.3, -0.25) is 0 Å². The molecule has 0 amide bonds. The molecule has 0 bridgehead atoms. The maximum atomic E-state index is 13.9. The molecule has 0 saturated heterocycles. The van der Waals surface area contributed by atoms with Crippen LogP contribution in [0.3, 0.4) is 0 Å². The standard InChI is InChI=1S/C14H8BrF5O/c15-10-6-7(4-5-11(10)16)13(21)8-2-1-3-9(12(8)17)14(18,19)20/h1-6,13,21H. The summed E-state index contributed by atoms with van der Waals surface area (Å²) in [5.74, 6) is -2.14. The van der Waals surface area contributed by atoms with E-state index in [4.69, 9.17) is 0 Å². The molecule has 0 saturated carbocycles. The topological polar surface area (TPSA) is 20.2 Å². The lowest BCUT2D eigenvalue weighted by molar-refractivity contribution is -0.140. The van der Waals surface area contributed by atoms with E-state index in [2.05, 4.69) is 15.9 Å². The highest BCUT2D eigenvalue weighted by atomic mass is 79.9. The minimum Gasteiger partial charge on any atom is -0.384 e. The second-order valence-electron chi connectivity index (χ2n) is 4.28. The van der Waals surface area contributed by atoms with Gasteiger partial charge in [0.05, 0.1) is 10.0 Å². The van der Waals surface area contributed by atoms with Crippen molar-refractivity contribution in [2.45, 2.75) is 12.3 Å². The molecule has 0 radical (unpaired) electrons. The minimum absolute atomic E-state index is 0.0198. The van der Waals surface area contributed by atoms with Crippen LogP contribution in [0.1, 0.15) is 22.8 Å². The third-order valence-electron chi connectivity index (χ3n) is 2.89. The van der Waals surface area contributed by atoms with Crippen molar-refractivity contribution in [1.29, 1.82) is 0 Å². The lowest BCUT2D eigenvalue weighted by Crippen LogP contribution is -2.12. The van der Waals surface area contributed by atoms with Crippen LogP contribution in [0.2, 0.25) is 0 Å². The summed E-state index contributed by atoms with van der Waals surface area (Å²) in [6.45, 7) is 0. The molecule has 1 N–H and O–H groups in total. The van der Waals surface area contributed by atoms with E-state index in [9.17, 15) is 27.1 Å². The summed E-state index contributed by atoms with van der Waals surface area (Å²) in [6, 6.07) is 6.01. The lowest BCUT2D eigenvalue weighted by Gasteiger charge is -2.16. The van der Waals surface area contributed by atoms with Crippen molar-refractivity contribution in [1.82, 2.24) is 0 Å². The average molecular weight is 367 g/mol. The smallest absolute Gasteiger partial charge is 0.384 e. The first-order chi connectivity index (χ1) is 9.71. The molecule has 1 nitrogen and oxygen atoms in total. The zero-order valence-corrected chi connectivity index (χ0v) is 11.8. The van der Waals surface area contributed by atoms with Gasteiger partial charge in [-0.15, -0.1) is 0 Å². The van der Waals surface area contributed by atoms with Gasteiger partial charge < -0.3 is 5.11 Å². The molecule has 2 aromatic rings. The Balaban J connectivity index is 2.48. The Morgan fingerprint density at radius 3 is 2.29 bits per heavy atom. The van der Waals surface area contributed by atoms with Gasteiger partial charge in [0.1, 0.15) is 17.7 Å². The molecule has 1 unspecified atom stereocenters. The Morgan fingerprint density at radius 1 is 1.05 bits per heavy atom. The molecule has 0 spiro atoms. The zero-order chi connectivity index (χ0) is 15.8. The summed E-state index contributed by atoms with van der Waals surface area (Å²) in [5.41, 5.74) is -1.91. The van der Waals surface area contributed by atoms with Crippen LogP contribution in [-0.2, 0) is 6.18 Å². The molecule has 0 aromatic heterocycles. The van der Waals surface area contributed by atoms with E-state index in [1.54, 1.807) is 0 Å². The second kappa shape index (κ2) is 5.73. The molecule has 7 heteroatoms. The molecule has 1 atom stereocenters. The van der Waals surface area contributed by atoms with Crippen LogP contribution < -0.4 is 0 Å². The first-order valence-electron chi connectivity index (χ1n) is 5.70. The van der Waals surface area contributed by atoms with Gasteiger partial charge in [0.2, 0.25) is 0 Å². The number of rotatable bonds is 2. The Hall–Kier alpha value is -1.47. The van der Waals surface area contributed by atoms with E-state index in [1.807, 2.05) is 0 Å². The highest BCUT2D eigenvalue weighted by molar-refractivity contribution is 9.10. The van der Waals surface area contributed by atoms with E-state index in [-0.39, 0.29) is 10.0 Å². The Morgan fingerprint density at radius 2 is 1.71 bits per heavy atom. The Bertz CT molecular complexity index is 669. The number of halogens is 6. The van der Waals surface area contributed by atoms with Crippen molar-refractivity contribution in [3.05, 3.63) is 69.2 Å². The third-order valence-corrected chi connectivity index (χ3v) is 3.50. The normalized spacial score (nSPS) is 13.3. The van der Waals surface area contributed by atoms with E-state index >= 15 is 0 Å². The van der Waals surface area contributed by atoms with Gasteiger partial charge in [-0.1, -0.05) is 18.2 Å². The van der Waals surface area contributed by atoms with Crippen molar-refractivity contribution in [3.8, 4) is 0 Å². The van der Waals surface area contributed by atoms with Crippen molar-refractivity contribution >= 4 is 15.9 Å². The van der Waals surface area contributed by atoms with Gasteiger partial charge in [-0.2, -0.15) is 13.2 Å². The maximum absolute atomic E-state index is 13.9. The molecular formula is C14H8BrF5O. The van der Waals surface area contributed by atoms with Gasteiger partial charge in [0, 0.05) is 5.56 Å².